The number of oxazole rings is 1. The van der Waals surface area contributed by atoms with Crippen molar-refractivity contribution in [3.05, 3.63) is 108 Å². The molecule has 1 atom stereocenters. The van der Waals surface area contributed by atoms with Gasteiger partial charge in [0.15, 0.2) is 16.7 Å². The highest BCUT2D eigenvalue weighted by Crippen LogP contribution is 2.31. The first-order valence-electron chi connectivity index (χ1n) is 11.7. The van der Waals surface area contributed by atoms with Gasteiger partial charge in [-0.25, -0.2) is 4.98 Å². The van der Waals surface area contributed by atoms with Crippen LogP contribution in [0.3, 0.4) is 0 Å². The summed E-state index contributed by atoms with van der Waals surface area (Å²) in [4.78, 5) is 17.1. The zero-order valence-corrected chi connectivity index (χ0v) is 21.2. The van der Waals surface area contributed by atoms with Crippen molar-refractivity contribution >= 4 is 17.7 Å². The normalized spacial score (nSPS) is 11.7. The number of hydrogen-bond acceptors (Lipinski definition) is 7. The van der Waals surface area contributed by atoms with Crippen molar-refractivity contribution in [1.82, 2.24) is 25.1 Å². The third-order valence-corrected chi connectivity index (χ3v) is 6.65. The van der Waals surface area contributed by atoms with Crippen molar-refractivity contribution < 1.29 is 13.9 Å². The zero-order valence-electron chi connectivity index (χ0n) is 20.4. The second-order valence-electron chi connectivity index (χ2n) is 8.23. The molecular weight excluding hydrogens is 486 g/mol. The minimum Gasteiger partial charge on any atom is -0.497 e. The molecule has 186 valence electrons. The summed E-state index contributed by atoms with van der Waals surface area (Å²) >= 11 is 1.43. The van der Waals surface area contributed by atoms with Gasteiger partial charge in [0.25, 0.3) is 5.91 Å². The molecule has 2 aromatic heterocycles. The number of carbonyl (C=O) groups is 1. The molecule has 0 spiro atoms. The Bertz CT molecular complexity index is 1480. The Labute approximate surface area is 218 Å². The van der Waals surface area contributed by atoms with Crippen molar-refractivity contribution in [2.45, 2.75) is 23.9 Å². The molecule has 1 amide bonds. The fourth-order valence-electron chi connectivity index (χ4n) is 3.83. The number of nitrogens with zero attached hydrogens (tertiary/aromatic N) is 4. The van der Waals surface area contributed by atoms with Gasteiger partial charge < -0.3 is 14.5 Å². The van der Waals surface area contributed by atoms with Crippen LogP contribution in [-0.2, 0) is 5.75 Å². The predicted molar refractivity (Wildman–Crippen MR) is 142 cm³/mol. The number of amides is 1. The summed E-state index contributed by atoms with van der Waals surface area (Å²) in [5.74, 6) is 1.94. The Hall–Kier alpha value is -4.37. The van der Waals surface area contributed by atoms with Gasteiger partial charge >= 0.3 is 0 Å². The molecule has 5 rings (SSSR count). The number of carbonyl (C=O) groups excluding carboxylic acids is 1. The Balaban J connectivity index is 1.34. The molecule has 5 aromatic rings. The highest BCUT2D eigenvalue weighted by molar-refractivity contribution is 7.98. The average molecular weight is 512 g/mol. The maximum absolute atomic E-state index is 12.7. The van der Waals surface area contributed by atoms with E-state index in [1.54, 1.807) is 7.11 Å². The molecule has 0 aliphatic rings. The number of benzene rings is 3. The maximum atomic E-state index is 12.7. The second kappa shape index (κ2) is 11.1. The Morgan fingerprint density at radius 1 is 1.03 bits per heavy atom. The van der Waals surface area contributed by atoms with Crippen molar-refractivity contribution in [3.63, 3.8) is 0 Å². The summed E-state index contributed by atoms with van der Waals surface area (Å²) in [5, 5.41) is 12.5. The Kier molecular flexibility index (Phi) is 7.32. The average Bonchev–Trinajstić information content (AvgIpc) is 3.60. The highest BCUT2D eigenvalue weighted by Gasteiger charge is 2.19. The Morgan fingerprint density at radius 3 is 2.54 bits per heavy atom. The minimum atomic E-state index is -0.288. The number of nitrogens with one attached hydrogen (secondary N) is 1. The van der Waals surface area contributed by atoms with Crippen LogP contribution in [-0.4, -0.2) is 32.8 Å². The number of hydrogen-bond donors (Lipinski definition) is 1. The lowest BCUT2D eigenvalue weighted by atomic mass is 10.1. The summed E-state index contributed by atoms with van der Waals surface area (Å²) < 4.78 is 13.0. The largest absolute Gasteiger partial charge is 0.497 e. The van der Waals surface area contributed by atoms with Crippen molar-refractivity contribution in [1.29, 1.82) is 0 Å². The molecule has 8 nitrogen and oxygen atoms in total. The molecule has 0 radical (unpaired) electrons. The number of ether oxygens (including phenoxy) is 1. The predicted octanol–water partition coefficient (Wildman–Crippen LogP) is 5.71. The Morgan fingerprint density at radius 2 is 1.78 bits per heavy atom. The maximum Gasteiger partial charge on any atom is 0.273 e. The summed E-state index contributed by atoms with van der Waals surface area (Å²) in [6.45, 7) is 1.93. The molecule has 0 saturated heterocycles. The third-order valence-electron chi connectivity index (χ3n) is 5.73. The lowest BCUT2D eigenvalue weighted by Gasteiger charge is -2.12. The van der Waals surface area contributed by atoms with Gasteiger partial charge in [0.2, 0.25) is 5.89 Å². The summed E-state index contributed by atoms with van der Waals surface area (Å²) in [5.41, 5.74) is 3.06. The van der Waals surface area contributed by atoms with Crippen LogP contribution in [0.4, 0.5) is 0 Å². The first kappa shape index (κ1) is 24.3. The van der Waals surface area contributed by atoms with Gasteiger partial charge in [0.05, 0.1) is 18.9 Å². The lowest BCUT2D eigenvalue weighted by Crippen LogP contribution is -2.26. The molecule has 0 fully saturated rings. The van der Waals surface area contributed by atoms with Gasteiger partial charge in [-0.2, -0.15) is 0 Å². The topological polar surface area (TPSA) is 95.1 Å². The van der Waals surface area contributed by atoms with Crippen LogP contribution >= 0.6 is 11.8 Å². The molecule has 2 heterocycles. The molecule has 0 aliphatic heterocycles. The van der Waals surface area contributed by atoms with Crippen LogP contribution in [0, 0.1) is 0 Å². The van der Waals surface area contributed by atoms with Gasteiger partial charge in [-0.3, -0.25) is 9.36 Å². The smallest absolute Gasteiger partial charge is 0.273 e. The summed E-state index contributed by atoms with van der Waals surface area (Å²) in [6.07, 6.45) is 1.38. The van der Waals surface area contributed by atoms with Gasteiger partial charge in [0, 0.05) is 11.3 Å². The van der Waals surface area contributed by atoms with E-state index in [-0.39, 0.29) is 17.6 Å². The van der Waals surface area contributed by atoms with E-state index >= 15 is 0 Å². The second-order valence-corrected chi connectivity index (χ2v) is 9.17. The van der Waals surface area contributed by atoms with Crippen molar-refractivity contribution in [2.75, 3.05) is 7.11 Å². The van der Waals surface area contributed by atoms with E-state index in [4.69, 9.17) is 9.15 Å². The van der Waals surface area contributed by atoms with Crippen molar-refractivity contribution in [2.24, 2.45) is 0 Å². The van der Waals surface area contributed by atoms with Crippen LogP contribution in [0.1, 0.15) is 34.9 Å². The van der Waals surface area contributed by atoms with Gasteiger partial charge in [-0.05, 0) is 36.8 Å². The molecule has 0 bridgehead atoms. The molecule has 3 aromatic carbocycles. The molecule has 1 unspecified atom stereocenters. The van der Waals surface area contributed by atoms with E-state index in [2.05, 4.69) is 20.5 Å². The highest BCUT2D eigenvalue weighted by atomic mass is 32.2. The minimum absolute atomic E-state index is 0.150. The summed E-state index contributed by atoms with van der Waals surface area (Å²) in [6, 6.07) is 27.2. The number of methoxy groups -OCH3 is 1. The molecule has 9 heteroatoms. The standard InChI is InChI=1S/C28H25N5O3S/c1-19(20-10-5-3-6-11-20)29-27(34)24-17-36-25(30-24)18-37-28-32-31-26(21-12-9-15-23(16-21)35-2)33(28)22-13-7-4-8-14-22/h3-17,19H,18H2,1-2H3,(H,29,34). The SMILES string of the molecule is COc1cccc(-c2nnc(SCc3nc(C(=O)NC(C)c4ccccc4)co3)n2-c2ccccc2)c1. The van der Waals surface area contributed by atoms with Crippen LogP contribution in [0.5, 0.6) is 5.75 Å². The molecule has 1 N–H and O–H groups in total. The van der Waals surface area contributed by atoms with Crippen LogP contribution < -0.4 is 10.1 Å². The van der Waals surface area contributed by atoms with E-state index in [0.717, 1.165) is 22.6 Å². The zero-order chi connectivity index (χ0) is 25.6. The van der Waals surface area contributed by atoms with E-state index < -0.39 is 0 Å². The van der Waals surface area contributed by atoms with Crippen LogP contribution in [0.2, 0.25) is 0 Å². The lowest BCUT2D eigenvalue weighted by molar-refractivity contribution is 0.0934. The van der Waals surface area contributed by atoms with Crippen LogP contribution in [0.25, 0.3) is 17.1 Å². The molecular formula is C28H25N5O3S. The summed E-state index contributed by atoms with van der Waals surface area (Å²) in [7, 11) is 1.63. The molecule has 37 heavy (non-hydrogen) atoms. The third kappa shape index (κ3) is 5.57. The quantitative estimate of drug-likeness (QED) is 0.253. The first-order chi connectivity index (χ1) is 18.1. The fourth-order valence-corrected chi connectivity index (χ4v) is 4.63. The number of rotatable bonds is 9. The van der Waals surface area contributed by atoms with E-state index in [9.17, 15) is 4.79 Å². The van der Waals surface area contributed by atoms with Gasteiger partial charge in [-0.15, -0.1) is 10.2 Å². The van der Waals surface area contributed by atoms with Gasteiger partial charge in [-0.1, -0.05) is 72.4 Å². The van der Waals surface area contributed by atoms with E-state index in [1.165, 1.54) is 18.0 Å². The fraction of sp³-hybridized carbons (Fsp3) is 0.143. The molecule has 0 saturated carbocycles. The van der Waals surface area contributed by atoms with Crippen LogP contribution in [0.15, 0.2) is 101 Å². The molecule has 0 aliphatic carbocycles. The first-order valence-corrected chi connectivity index (χ1v) is 12.7. The van der Waals surface area contributed by atoms with Crippen molar-refractivity contribution in [3.8, 4) is 22.8 Å². The number of para-hydroxylation sites is 1. The number of thioether (sulfide) groups is 1. The number of aromatic nitrogens is 4. The van der Waals surface area contributed by atoms with Gasteiger partial charge in [0.1, 0.15) is 12.0 Å². The van der Waals surface area contributed by atoms with E-state index in [0.29, 0.717) is 22.6 Å². The monoisotopic (exact) mass is 511 g/mol. The van der Waals surface area contributed by atoms with E-state index in [1.807, 2.05) is 96.4 Å².